The minimum atomic E-state index is -0.0689. The van der Waals surface area contributed by atoms with Crippen molar-refractivity contribution in [1.82, 2.24) is 10.6 Å². The number of nitrogens with two attached hydrogens (primary N) is 1. The first kappa shape index (κ1) is 19.4. The van der Waals surface area contributed by atoms with E-state index in [9.17, 15) is 4.79 Å². The summed E-state index contributed by atoms with van der Waals surface area (Å²) in [7, 11) is 0. The van der Waals surface area contributed by atoms with Crippen LogP contribution in [0.25, 0.3) is 0 Å². The second kappa shape index (κ2) is 10.1. The fourth-order valence-electron chi connectivity index (χ4n) is 3.98. The van der Waals surface area contributed by atoms with Crippen LogP contribution in [-0.2, 0) is 6.42 Å². The molecule has 27 heavy (non-hydrogen) atoms. The highest BCUT2D eigenvalue weighted by molar-refractivity contribution is 5.74. The van der Waals surface area contributed by atoms with E-state index < -0.39 is 0 Å². The summed E-state index contributed by atoms with van der Waals surface area (Å²) >= 11 is 0. The van der Waals surface area contributed by atoms with Gasteiger partial charge < -0.3 is 16.4 Å². The zero-order valence-electron chi connectivity index (χ0n) is 15.9. The van der Waals surface area contributed by atoms with E-state index in [0.29, 0.717) is 12.5 Å². The summed E-state index contributed by atoms with van der Waals surface area (Å²) < 4.78 is 0. The monoisotopic (exact) mass is 365 g/mol. The first-order valence-electron chi connectivity index (χ1n) is 10.1. The molecule has 3 rings (SSSR count). The summed E-state index contributed by atoms with van der Waals surface area (Å²) in [5.41, 5.74) is 8.81. The Balaban J connectivity index is 1.36. The molecule has 3 atom stereocenters. The molecular weight excluding hydrogens is 334 g/mol. The van der Waals surface area contributed by atoms with E-state index in [0.717, 1.165) is 32.1 Å². The lowest BCUT2D eigenvalue weighted by Gasteiger charge is -2.30. The summed E-state index contributed by atoms with van der Waals surface area (Å²) in [6.07, 6.45) is 6.06. The van der Waals surface area contributed by atoms with Crippen molar-refractivity contribution in [3.8, 4) is 0 Å². The van der Waals surface area contributed by atoms with Gasteiger partial charge in [0.05, 0.1) is 0 Å². The standard InChI is InChI=1S/C23H31N3O/c24-21(16-18-8-3-1-4-9-18)14-15-25-23(27)26-22-13-7-12-20(17-22)19-10-5-2-6-11-19/h1-6,8-11,20-22H,7,12-17,24H2,(H2,25,26,27). The van der Waals surface area contributed by atoms with Crippen LogP contribution in [0.15, 0.2) is 60.7 Å². The quantitative estimate of drug-likeness (QED) is 0.695. The second-order valence-electron chi connectivity index (χ2n) is 7.61. The van der Waals surface area contributed by atoms with Crippen LogP contribution in [0.1, 0.15) is 49.1 Å². The van der Waals surface area contributed by atoms with Crippen molar-refractivity contribution in [3.05, 3.63) is 71.8 Å². The minimum Gasteiger partial charge on any atom is -0.338 e. The Kier molecular flexibility index (Phi) is 7.28. The molecule has 1 aliphatic rings. The molecule has 1 fully saturated rings. The second-order valence-corrected chi connectivity index (χ2v) is 7.61. The predicted octanol–water partition coefficient (Wildman–Crippen LogP) is 3.97. The maximum Gasteiger partial charge on any atom is 0.315 e. The molecule has 2 aromatic carbocycles. The number of carbonyl (C=O) groups is 1. The highest BCUT2D eigenvalue weighted by Crippen LogP contribution is 2.32. The van der Waals surface area contributed by atoms with Crippen molar-refractivity contribution in [3.63, 3.8) is 0 Å². The van der Waals surface area contributed by atoms with Crippen molar-refractivity contribution in [2.45, 2.75) is 56.5 Å². The number of benzene rings is 2. The van der Waals surface area contributed by atoms with Gasteiger partial charge in [-0.15, -0.1) is 0 Å². The van der Waals surface area contributed by atoms with Crippen molar-refractivity contribution in [1.29, 1.82) is 0 Å². The average molecular weight is 366 g/mol. The Morgan fingerprint density at radius 3 is 2.48 bits per heavy atom. The van der Waals surface area contributed by atoms with E-state index in [1.165, 1.54) is 17.5 Å². The van der Waals surface area contributed by atoms with Crippen LogP contribution >= 0.6 is 0 Å². The van der Waals surface area contributed by atoms with Crippen LogP contribution in [0.3, 0.4) is 0 Å². The van der Waals surface area contributed by atoms with Gasteiger partial charge in [-0.3, -0.25) is 0 Å². The van der Waals surface area contributed by atoms with Gasteiger partial charge in [-0.25, -0.2) is 4.79 Å². The maximum atomic E-state index is 12.2. The Morgan fingerprint density at radius 2 is 1.74 bits per heavy atom. The number of hydrogen-bond acceptors (Lipinski definition) is 2. The molecule has 0 aromatic heterocycles. The number of urea groups is 1. The summed E-state index contributed by atoms with van der Waals surface area (Å²) in [6, 6.07) is 21.1. The van der Waals surface area contributed by atoms with Gasteiger partial charge in [0.25, 0.3) is 0 Å². The average Bonchev–Trinajstić information content (AvgIpc) is 2.69. The summed E-state index contributed by atoms with van der Waals surface area (Å²) in [6.45, 7) is 0.606. The smallest absolute Gasteiger partial charge is 0.315 e. The Morgan fingerprint density at radius 1 is 1.04 bits per heavy atom. The number of amides is 2. The Labute approximate surface area is 162 Å². The van der Waals surface area contributed by atoms with E-state index in [-0.39, 0.29) is 18.1 Å². The minimum absolute atomic E-state index is 0.0600. The lowest BCUT2D eigenvalue weighted by atomic mass is 9.81. The predicted molar refractivity (Wildman–Crippen MR) is 111 cm³/mol. The SMILES string of the molecule is NC(CCNC(=O)NC1CCCC(c2ccccc2)C1)Cc1ccccc1. The van der Waals surface area contributed by atoms with Crippen LogP contribution in [0.5, 0.6) is 0 Å². The molecule has 0 heterocycles. The third kappa shape index (κ3) is 6.40. The summed E-state index contributed by atoms with van der Waals surface area (Å²) in [5, 5.41) is 6.12. The molecule has 4 N–H and O–H groups in total. The van der Waals surface area contributed by atoms with Gasteiger partial charge in [-0.05, 0) is 49.1 Å². The van der Waals surface area contributed by atoms with Crippen LogP contribution in [0.4, 0.5) is 4.79 Å². The van der Waals surface area contributed by atoms with Gasteiger partial charge >= 0.3 is 6.03 Å². The topological polar surface area (TPSA) is 67.1 Å². The molecule has 2 aromatic rings. The van der Waals surface area contributed by atoms with Crippen LogP contribution in [0.2, 0.25) is 0 Å². The fourth-order valence-corrected chi connectivity index (χ4v) is 3.98. The largest absolute Gasteiger partial charge is 0.338 e. The zero-order chi connectivity index (χ0) is 18.9. The van der Waals surface area contributed by atoms with Crippen molar-refractivity contribution in [2.24, 2.45) is 5.73 Å². The molecule has 3 unspecified atom stereocenters. The third-order valence-corrected chi connectivity index (χ3v) is 5.42. The highest BCUT2D eigenvalue weighted by atomic mass is 16.2. The van der Waals surface area contributed by atoms with E-state index in [1.807, 2.05) is 18.2 Å². The van der Waals surface area contributed by atoms with Crippen molar-refractivity contribution >= 4 is 6.03 Å². The maximum absolute atomic E-state index is 12.2. The van der Waals surface area contributed by atoms with Gasteiger partial charge in [0.2, 0.25) is 0 Å². The Hall–Kier alpha value is -2.33. The van der Waals surface area contributed by atoms with E-state index in [1.54, 1.807) is 0 Å². The molecule has 1 saturated carbocycles. The zero-order valence-corrected chi connectivity index (χ0v) is 15.9. The van der Waals surface area contributed by atoms with Gasteiger partial charge in [0.15, 0.2) is 0 Å². The van der Waals surface area contributed by atoms with Crippen LogP contribution < -0.4 is 16.4 Å². The number of carbonyl (C=O) groups excluding carboxylic acids is 1. The lowest BCUT2D eigenvalue weighted by Crippen LogP contribution is -2.44. The number of nitrogens with one attached hydrogen (secondary N) is 2. The number of rotatable bonds is 7. The van der Waals surface area contributed by atoms with Crippen molar-refractivity contribution < 1.29 is 4.79 Å². The molecule has 0 bridgehead atoms. The molecule has 0 saturated heterocycles. The van der Waals surface area contributed by atoms with Gasteiger partial charge in [0, 0.05) is 18.6 Å². The molecular formula is C23H31N3O. The van der Waals surface area contributed by atoms with Crippen molar-refractivity contribution in [2.75, 3.05) is 6.54 Å². The summed E-state index contributed by atoms with van der Waals surface area (Å²) in [4.78, 5) is 12.2. The lowest BCUT2D eigenvalue weighted by molar-refractivity contribution is 0.230. The van der Waals surface area contributed by atoms with Gasteiger partial charge in [-0.2, -0.15) is 0 Å². The van der Waals surface area contributed by atoms with Gasteiger partial charge in [0.1, 0.15) is 0 Å². The van der Waals surface area contributed by atoms with Crippen LogP contribution in [0, 0.1) is 0 Å². The molecule has 0 radical (unpaired) electrons. The van der Waals surface area contributed by atoms with E-state index in [2.05, 4.69) is 53.1 Å². The first-order chi connectivity index (χ1) is 13.2. The van der Waals surface area contributed by atoms with E-state index >= 15 is 0 Å². The molecule has 4 nitrogen and oxygen atoms in total. The summed E-state index contributed by atoms with van der Waals surface area (Å²) in [5.74, 6) is 0.546. The molecule has 2 amide bonds. The molecule has 0 aliphatic heterocycles. The van der Waals surface area contributed by atoms with Crippen LogP contribution in [-0.4, -0.2) is 24.7 Å². The third-order valence-electron chi connectivity index (χ3n) is 5.42. The van der Waals surface area contributed by atoms with Gasteiger partial charge in [-0.1, -0.05) is 67.1 Å². The first-order valence-corrected chi connectivity index (χ1v) is 10.1. The fraction of sp³-hybridized carbons (Fsp3) is 0.435. The highest BCUT2D eigenvalue weighted by Gasteiger charge is 2.24. The Bertz CT molecular complexity index is 689. The van der Waals surface area contributed by atoms with E-state index in [4.69, 9.17) is 5.73 Å². The normalized spacial score (nSPS) is 20.6. The molecule has 4 heteroatoms. The number of hydrogen-bond donors (Lipinski definition) is 3. The molecule has 1 aliphatic carbocycles. The molecule has 144 valence electrons. The molecule has 0 spiro atoms.